The zero-order chi connectivity index (χ0) is 18.4. The van der Waals surface area contributed by atoms with Gasteiger partial charge in [0.2, 0.25) is 10.0 Å². The van der Waals surface area contributed by atoms with E-state index >= 15 is 0 Å². The molecule has 1 aromatic carbocycles. The number of nitrogens with two attached hydrogens (primary N) is 2. The van der Waals surface area contributed by atoms with Crippen LogP contribution < -0.4 is 15.8 Å². The summed E-state index contributed by atoms with van der Waals surface area (Å²) >= 11 is 0. The molecule has 0 unspecified atom stereocenters. The summed E-state index contributed by atoms with van der Waals surface area (Å²) in [6, 6.07) is 6.86. The van der Waals surface area contributed by atoms with Crippen LogP contribution in [0, 0.1) is 11.8 Å². The standard InChI is InChI=1S/C18H29N3O3S/c1-13-4-3-5-17(14(13)2)21-18(22)12-20-11-10-15-6-8-16(9-7-15)25(19,23)24/h6-9,13-14,17,20H,3-5,10-12H2,1-2H3,(H,21,22)(H2,19,23,24)/p+1/t13-,14+,17+/m0/s1. The number of carbonyl (C=O) groups is 1. The molecule has 1 saturated carbocycles. The van der Waals surface area contributed by atoms with Gasteiger partial charge in [-0.05, 0) is 36.0 Å². The van der Waals surface area contributed by atoms with Gasteiger partial charge in [0.05, 0.1) is 11.4 Å². The predicted molar refractivity (Wildman–Crippen MR) is 97.3 cm³/mol. The molecule has 3 atom stereocenters. The summed E-state index contributed by atoms with van der Waals surface area (Å²) in [5, 5.41) is 10.2. The average Bonchev–Trinajstić information content (AvgIpc) is 2.55. The minimum atomic E-state index is -3.64. The Kier molecular flexibility index (Phi) is 6.98. The van der Waals surface area contributed by atoms with Gasteiger partial charge in [0.25, 0.3) is 5.91 Å². The first kappa shape index (κ1) is 19.9. The third-order valence-corrected chi connectivity index (χ3v) is 6.20. The maximum atomic E-state index is 12.1. The Labute approximate surface area is 150 Å². The maximum Gasteiger partial charge on any atom is 0.275 e. The highest BCUT2D eigenvalue weighted by molar-refractivity contribution is 7.89. The molecule has 0 radical (unpaired) electrons. The molecule has 1 amide bonds. The van der Waals surface area contributed by atoms with Gasteiger partial charge in [-0.3, -0.25) is 4.79 Å². The normalized spacial score (nSPS) is 24.0. The number of quaternary nitrogens is 1. The summed E-state index contributed by atoms with van der Waals surface area (Å²) in [5.74, 6) is 1.30. The van der Waals surface area contributed by atoms with Gasteiger partial charge in [0.15, 0.2) is 6.54 Å². The Morgan fingerprint density at radius 1 is 1.24 bits per heavy atom. The van der Waals surface area contributed by atoms with Gasteiger partial charge in [0.1, 0.15) is 0 Å². The van der Waals surface area contributed by atoms with Crippen molar-refractivity contribution < 1.29 is 18.5 Å². The molecule has 1 aliphatic carbocycles. The molecule has 140 valence electrons. The summed E-state index contributed by atoms with van der Waals surface area (Å²) < 4.78 is 22.4. The van der Waals surface area contributed by atoms with E-state index in [9.17, 15) is 13.2 Å². The van der Waals surface area contributed by atoms with E-state index < -0.39 is 10.0 Å². The molecule has 0 aliphatic heterocycles. The summed E-state index contributed by atoms with van der Waals surface area (Å²) in [5.41, 5.74) is 1.03. The minimum Gasteiger partial charge on any atom is -0.348 e. The Hall–Kier alpha value is -1.44. The fraction of sp³-hybridized carbons (Fsp3) is 0.611. The molecule has 0 heterocycles. The molecule has 0 spiro atoms. The fourth-order valence-corrected chi connectivity index (χ4v) is 3.91. The number of carbonyl (C=O) groups excluding carboxylic acids is 1. The zero-order valence-corrected chi connectivity index (χ0v) is 15.9. The molecule has 6 nitrogen and oxygen atoms in total. The summed E-state index contributed by atoms with van der Waals surface area (Å²) in [6.45, 7) is 5.69. The first-order valence-corrected chi connectivity index (χ1v) is 10.5. The lowest BCUT2D eigenvalue weighted by molar-refractivity contribution is -0.643. The van der Waals surface area contributed by atoms with E-state index in [1.165, 1.54) is 25.0 Å². The molecule has 1 aromatic rings. The Balaban J connectivity index is 1.69. The number of rotatable bonds is 7. The van der Waals surface area contributed by atoms with E-state index in [-0.39, 0.29) is 10.8 Å². The molecular formula is C18H30N3O3S+. The van der Waals surface area contributed by atoms with Gasteiger partial charge >= 0.3 is 0 Å². The molecule has 2 rings (SSSR count). The molecule has 0 bridgehead atoms. The Morgan fingerprint density at radius 2 is 1.92 bits per heavy atom. The first-order valence-electron chi connectivity index (χ1n) is 9.00. The highest BCUT2D eigenvalue weighted by Crippen LogP contribution is 2.29. The van der Waals surface area contributed by atoms with E-state index in [1.54, 1.807) is 12.1 Å². The molecule has 25 heavy (non-hydrogen) atoms. The van der Waals surface area contributed by atoms with Crippen LogP contribution >= 0.6 is 0 Å². The van der Waals surface area contributed by atoms with Crippen LogP contribution in [0.5, 0.6) is 0 Å². The van der Waals surface area contributed by atoms with E-state index in [1.807, 2.05) is 5.32 Å². The lowest BCUT2D eigenvalue weighted by atomic mass is 9.78. The van der Waals surface area contributed by atoms with Crippen molar-refractivity contribution >= 4 is 15.9 Å². The maximum absolute atomic E-state index is 12.1. The highest BCUT2D eigenvalue weighted by atomic mass is 32.2. The second kappa shape index (κ2) is 8.78. The molecular weight excluding hydrogens is 338 g/mol. The van der Waals surface area contributed by atoms with Crippen molar-refractivity contribution in [2.45, 2.75) is 50.5 Å². The quantitative estimate of drug-likeness (QED) is 0.606. The summed E-state index contributed by atoms with van der Waals surface area (Å²) in [4.78, 5) is 12.2. The summed E-state index contributed by atoms with van der Waals surface area (Å²) in [7, 11) is -3.64. The largest absolute Gasteiger partial charge is 0.348 e. The zero-order valence-electron chi connectivity index (χ0n) is 15.1. The molecule has 7 heteroatoms. The van der Waals surface area contributed by atoms with Gasteiger partial charge in [-0.15, -0.1) is 0 Å². The monoisotopic (exact) mass is 368 g/mol. The number of hydrogen-bond acceptors (Lipinski definition) is 3. The van der Waals surface area contributed by atoms with Crippen LogP contribution in [0.2, 0.25) is 0 Å². The van der Waals surface area contributed by atoms with Gasteiger partial charge < -0.3 is 10.6 Å². The van der Waals surface area contributed by atoms with Crippen LogP contribution in [-0.4, -0.2) is 33.5 Å². The molecule has 1 aliphatic rings. The third kappa shape index (κ3) is 6.09. The second-order valence-electron chi connectivity index (χ2n) is 7.16. The van der Waals surface area contributed by atoms with Crippen molar-refractivity contribution in [3.63, 3.8) is 0 Å². The van der Waals surface area contributed by atoms with Crippen LogP contribution in [0.25, 0.3) is 0 Å². The van der Waals surface area contributed by atoms with Gasteiger partial charge in [-0.1, -0.05) is 38.8 Å². The van der Waals surface area contributed by atoms with Gasteiger partial charge in [0, 0.05) is 12.5 Å². The molecule has 0 aromatic heterocycles. The van der Waals surface area contributed by atoms with Gasteiger partial charge in [-0.2, -0.15) is 0 Å². The summed E-state index contributed by atoms with van der Waals surface area (Å²) in [6.07, 6.45) is 4.29. The lowest BCUT2D eigenvalue weighted by Crippen LogP contribution is -2.87. The highest BCUT2D eigenvalue weighted by Gasteiger charge is 2.28. The predicted octanol–water partition coefficient (Wildman–Crippen LogP) is 0.381. The van der Waals surface area contributed by atoms with Crippen molar-refractivity contribution in [2.75, 3.05) is 13.1 Å². The lowest BCUT2D eigenvalue weighted by Gasteiger charge is -2.34. The number of amides is 1. The van der Waals surface area contributed by atoms with E-state index in [4.69, 9.17) is 5.14 Å². The van der Waals surface area contributed by atoms with Crippen molar-refractivity contribution in [1.29, 1.82) is 0 Å². The second-order valence-corrected chi connectivity index (χ2v) is 8.72. The van der Waals surface area contributed by atoms with Crippen LogP contribution in [-0.2, 0) is 21.2 Å². The van der Waals surface area contributed by atoms with Crippen LogP contribution in [0.4, 0.5) is 0 Å². The molecule has 0 saturated heterocycles. The first-order chi connectivity index (χ1) is 11.8. The number of hydrogen-bond donors (Lipinski definition) is 3. The van der Waals surface area contributed by atoms with Crippen LogP contribution in [0.15, 0.2) is 29.2 Å². The van der Waals surface area contributed by atoms with Crippen LogP contribution in [0.3, 0.4) is 0 Å². The molecule has 5 N–H and O–H groups in total. The fourth-order valence-electron chi connectivity index (χ4n) is 3.40. The van der Waals surface area contributed by atoms with E-state index in [0.717, 1.165) is 24.9 Å². The minimum absolute atomic E-state index is 0.0931. The average molecular weight is 369 g/mol. The van der Waals surface area contributed by atoms with Gasteiger partial charge in [-0.25, -0.2) is 13.6 Å². The van der Waals surface area contributed by atoms with Crippen LogP contribution in [0.1, 0.15) is 38.7 Å². The van der Waals surface area contributed by atoms with Crippen molar-refractivity contribution in [2.24, 2.45) is 17.0 Å². The van der Waals surface area contributed by atoms with Crippen molar-refractivity contribution in [1.82, 2.24) is 5.32 Å². The third-order valence-electron chi connectivity index (χ3n) is 5.27. The number of sulfonamides is 1. The number of benzene rings is 1. The van der Waals surface area contributed by atoms with E-state index in [0.29, 0.717) is 24.4 Å². The topological polar surface area (TPSA) is 106 Å². The Morgan fingerprint density at radius 3 is 2.56 bits per heavy atom. The van der Waals surface area contributed by atoms with E-state index in [2.05, 4.69) is 19.2 Å². The van der Waals surface area contributed by atoms with Crippen molar-refractivity contribution in [3.8, 4) is 0 Å². The molecule has 1 fully saturated rings. The van der Waals surface area contributed by atoms with Crippen molar-refractivity contribution in [3.05, 3.63) is 29.8 Å². The smallest absolute Gasteiger partial charge is 0.275 e. The SMILES string of the molecule is C[C@@H]1[C@@H](C)CCC[C@H]1NC(=O)C[NH2+]CCc1ccc(S(N)(=O)=O)cc1. The Bertz CT molecular complexity index is 673. The number of primary sulfonamides is 1. The number of nitrogens with one attached hydrogen (secondary N) is 1.